The van der Waals surface area contributed by atoms with Crippen LogP contribution in [-0.2, 0) is 6.18 Å². The van der Waals surface area contributed by atoms with E-state index in [1.807, 2.05) is 0 Å². The van der Waals surface area contributed by atoms with Crippen molar-refractivity contribution in [2.24, 2.45) is 0 Å². The topological polar surface area (TPSA) is 0 Å². The van der Waals surface area contributed by atoms with Crippen molar-refractivity contribution >= 4 is 23.2 Å². The number of rotatable bonds is 1. The SMILES string of the molecule is Fc1cc(C(F)(F)F)ccc1-c1c(Cl)cccc1Cl. The Morgan fingerprint density at radius 1 is 0.895 bits per heavy atom. The number of alkyl halides is 3. The van der Waals surface area contributed by atoms with E-state index < -0.39 is 17.6 Å². The van der Waals surface area contributed by atoms with E-state index in [0.717, 1.165) is 12.1 Å². The molecule has 0 N–H and O–H groups in total. The Bertz CT molecular complexity index is 600. The van der Waals surface area contributed by atoms with E-state index in [1.54, 1.807) is 6.07 Å². The van der Waals surface area contributed by atoms with Gasteiger partial charge in [0, 0.05) is 21.2 Å². The van der Waals surface area contributed by atoms with E-state index in [1.165, 1.54) is 12.1 Å². The molecule has 0 aliphatic rings. The molecule has 2 rings (SSSR count). The Morgan fingerprint density at radius 2 is 1.47 bits per heavy atom. The lowest BCUT2D eigenvalue weighted by molar-refractivity contribution is -0.137. The van der Waals surface area contributed by atoms with Crippen LogP contribution in [0.5, 0.6) is 0 Å². The van der Waals surface area contributed by atoms with E-state index >= 15 is 0 Å². The zero-order valence-corrected chi connectivity index (χ0v) is 10.7. The summed E-state index contributed by atoms with van der Waals surface area (Å²) in [6, 6.07) is 6.77. The molecule has 0 unspecified atom stereocenters. The van der Waals surface area contributed by atoms with E-state index in [-0.39, 0.29) is 21.2 Å². The van der Waals surface area contributed by atoms with Crippen LogP contribution >= 0.6 is 23.2 Å². The molecule has 0 spiro atoms. The van der Waals surface area contributed by atoms with Gasteiger partial charge in [-0.2, -0.15) is 13.2 Å². The molecule has 0 radical (unpaired) electrons. The van der Waals surface area contributed by atoms with Crippen molar-refractivity contribution in [3.05, 3.63) is 57.8 Å². The lowest BCUT2D eigenvalue weighted by Crippen LogP contribution is -2.05. The fourth-order valence-electron chi connectivity index (χ4n) is 1.65. The molecule has 0 atom stereocenters. The molecule has 0 saturated carbocycles. The molecule has 100 valence electrons. The Morgan fingerprint density at radius 3 is 1.95 bits per heavy atom. The first-order chi connectivity index (χ1) is 8.80. The highest BCUT2D eigenvalue weighted by Gasteiger charge is 2.31. The van der Waals surface area contributed by atoms with Gasteiger partial charge in [0.05, 0.1) is 5.56 Å². The average molecular weight is 309 g/mol. The molecule has 2 aromatic rings. The molecular formula is C13H6Cl2F4. The zero-order chi connectivity index (χ0) is 14.2. The van der Waals surface area contributed by atoms with Gasteiger partial charge in [-0.05, 0) is 24.3 Å². The molecular weight excluding hydrogens is 303 g/mol. The first-order valence-corrected chi connectivity index (χ1v) is 5.87. The van der Waals surface area contributed by atoms with Crippen LogP contribution < -0.4 is 0 Å². The van der Waals surface area contributed by atoms with Gasteiger partial charge in [-0.3, -0.25) is 0 Å². The van der Waals surface area contributed by atoms with Crippen molar-refractivity contribution < 1.29 is 17.6 Å². The molecule has 0 aromatic heterocycles. The molecule has 0 fully saturated rings. The van der Waals surface area contributed by atoms with Crippen LogP contribution in [0.3, 0.4) is 0 Å². The quantitative estimate of drug-likeness (QED) is 0.582. The van der Waals surface area contributed by atoms with E-state index in [4.69, 9.17) is 23.2 Å². The van der Waals surface area contributed by atoms with Crippen molar-refractivity contribution in [3.8, 4) is 11.1 Å². The van der Waals surface area contributed by atoms with Crippen molar-refractivity contribution in [1.82, 2.24) is 0 Å². The third-order valence-electron chi connectivity index (χ3n) is 2.53. The summed E-state index contributed by atoms with van der Waals surface area (Å²) in [5, 5.41) is 0.345. The standard InChI is InChI=1S/C13H6Cl2F4/c14-9-2-1-3-10(15)12(9)8-5-4-7(6-11(8)16)13(17,18)19/h1-6H. The molecule has 0 aliphatic heterocycles. The Kier molecular flexibility index (Phi) is 3.74. The number of benzene rings is 2. The molecule has 0 saturated heterocycles. The molecule has 6 heteroatoms. The van der Waals surface area contributed by atoms with Crippen LogP contribution in [-0.4, -0.2) is 0 Å². The summed E-state index contributed by atoms with van der Waals surface area (Å²) in [6.07, 6.45) is -4.59. The van der Waals surface area contributed by atoms with Crippen LogP contribution in [0.2, 0.25) is 10.0 Å². The maximum atomic E-state index is 13.8. The van der Waals surface area contributed by atoms with Crippen LogP contribution in [0, 0.1) is 5.82 Å². The summed E-state index contributed by atoms with van der Waals surface area (Å²) < 4.78 is 51.1. The summed E-state index contributed by atoms with van der Waals surface area (Å²) in [5.41, 5.74) is -0.947. The lowest BCUT2D eigenvalue weighted by atomic mass is 10.0. The number of hydrogen-bond donors (Lipinski definition) is 0. The average Bonchev–Trinajstić information content (AvgIpc) is 2.29. The predicted molar refractivity (Wildman–Crippen MR) is 66.9 cm³/mol. The second-order valence-corrected chi connectivity index (χ2v) is 4.60. The molecule has 0 amide bonds. The monoisotopic (exact) mass is 308 g/mol. The van der Waals surface area contributed by atoms with Crippen molar-refractivity contribution in [3.63, 3.8) is 0 Å². The van der Waals surface area contributed by atoms with Crippen LogP contribution in [0.25, 0.3) is 11.1 Å². The fraction of sp³-hybridized carbons (Fsp3) is 0.0769. The molecule has 0 aliphatic carbocycles. The minimum atomic E-state index is -4.59. The Labute approximate surface area is 116 Å². The van der Waals surface area contributed by atoms with Gasteiger partial charge in [0.1, 0.15) is 5.82 Å². The molecule has 19 heavy (non-hydrogen) atoms. The largest absolute Gasteiger partial charge is 0.416 e. The van der Waals surface area contributed by atoms with E-state index in [0.29, 0.717) is 6.07 Å². The van der Waals surface area contributed by atoms with Crippen LogP contribution in [0.4, 0.5) is 17.6 Å². The van der Waals surface area contributed by atoms with Gasteiger partial charge in [-0.1, -0.05) is 35.3 Å². The second kappa shape index (κ2) is 5.02. The van der Waals surface area contributed by atoms with Crippen LogP contribution in [0.1, 0.15) is 5.56 Å². The summed E-state index contributed by atoms with van der Waals surface area (Å²) in [5.74, 6) is -1.02. The third kappa shape index (κ3) is 2.85. The first-order valence-electron chi connectivity index (χ1n) is 5.12. The third-order valence-corrected chi connectivity index (χ3v) is 3.16. The Hall–Kier alpha value is -1.26. The molecule has 0 nitrogen and oxygen atoms in total. The normalized spacial score (nSPS) is 11.7. The highest BCUT2D eigenvalue weighted by Crippen LogP contribution is 2.38. The van der Waals surface area contributed by atoms with Gasteiger partial charge in [-0.15, -0.1) is 0 Å². The minimum absolute atomic E-state index is 0.0661. The number of halogens is 6. The first kappa shape index (κ1) is 14.2. The van der Waals surface area contributed by atoms with E-state index in [9.17, 15) is 17.6 Å². The predicted octanol–water partition coefficient (Wildman–Crippen LogP) is 5.82. The summed E-state index contributed by atoms with van der Waals surface area (Å²) in [7, 11) is 0. The number of hydrogen-bond acceptors (Lipinski definition) is 0. The van der Waals surface area contributed by atoms with Crippen LogP contribution in [0.15, 0.2) is 36.4 Å². The van der Waals surface area contributed by atoms with Gasteiger partial charge in [0.2, 0.25) is 0 Å². The maximum absolute atomic E-state index is 13.8. The molecule has 0 heterocycles. The molecule has 0 bridgehead atoms. The summed E-state index contributed by atoms with van der Waals surface area (Å²) >= 11 is 11.8. The minimum Gasteiger partial charge on any atom is -0.206 e. The van der Waals surface area contributed by atoms with Gasteiger partial charge < -0.3 is 0 Å². The maximum Gasteiger partial charge on any atom is 0.416 e. The smallest absolute Gasteiger partial charge is 0.206 e. The van der Waals surface area contributed by atoms with Gasteiger partial charge >= 0.3 is 6.18 Å². The van der Waals surface area contributed by atoms with Gasteiger partial charge in [-0.25, -0.2) is 4.39 Å². The highest BCUT2D eigenvalue weighted by molar-refractivity contribution is 6.39. The van der Waals surface area contributed by atoms with Crippen molar-refractivity contribution in [1.29, 1.82) is 0 Å². The summed E-state index contributed by atoms with van der Waals surface area (Å²) in [4.78, 5) is 0. The van der Waals surface area contributed by atoms with Gasteiger partial charge in [0.15, 0.2) is 0 Å². The van der Waals surface area contributed by atoms with Gasteiger partial charge in [0.25, 0.3) is 0 Å². The van der Waals surface area contributed by atoms with E-state index in [2.05, 4.69) is 0 Å². The Balaban J connectivity index is 2.59. The second-order valence-electron chi connectivity index (χ2n) is 3.79. The molecule has 2 aromatic carbocycles. The highest BCUT2D eigenvalue weighted by atomic mass is 35.5. The van der Waals surface area contributed by atoms with Crippen molar-refractivity contribution in [2.45, 2.75) is 6.18 Å². The fourth-order valence-corrected chi connectivity index (χ4v) is 2.25. The zero-order valence-electron chi connectivity index (χ0n) is 9.23. The summed E-state index contributed by atoms with van der Waals surface area (Å²) in [6.45, 7) is 0. The lowest BCUT2D eigenvalue weighted by Gasteiger charge is -2.11. The van der Waals surface area contributed by atoms with Crippen molar-refractivity contribution in [2.75, 3.05) is 0 Å².